The number of nitrogens with zero attached hydrogens (tertiary/aromatic N) is 4. The molecule has 178 valence electrons. The van der Waals surface area contributed by atoms with Gasteiger partial charge in [0.25, 0.3) is 0 Å². The van der Waals surface area contributed by atoms with Crippen LogP contribution >= 0.6 is 12.4 Å². The molecule has 4 rings (SSSR count). The van der Waals surface area contributed by atoms with E-state index in [-0.39, 0.29) is 18.4 Å². The number of hydrogen-bond acceptors (Lipinski definition) is 7. The number of halogens is 1. The zero-order valence-electron chi connectivity index (χ0n) is 19.2. The highest BCUT2D eigenvalue weighted by atomic mass is 35.5. The van der Waals surface area contributed by atoms with Gasteiger partial charge in [-0.2, -0.15) is 4.68 Å². The molecule has 0 saturated carbocycles. The number of nitrogens with one attached hydrogen (secondary N) is 1. The number of rotatable bonds is 11. The molecule has 0 amide bonds. The minimum absolute atomic E-state index is 0. The van der Waals surface area contributed by atoms with Crippen LogP contribution in [0, 0.1) is 0 Å². The highest BCUT2D eigenvalue weighted by Gasteiger charge is 2.14. The third-order valence-electron chi connectivity index (χ3n) is 5.03. The van der Waals surface area contributed by atoms with Gasteiger partial charge in [-0.3, -0.25) is 0 Å². The Morgan fingerprint density at radius 3 is 2.41 bits per heavy atom. The molecule has 8 nitrogen and oxygen atoms in total. The topological polar surface area (TPSA) is 83.3 Å². The second kappa shape index (κ2) is 12.6. The van der Waals surface area contributed by atoms with Gasteiger partial charge in [0.15, 0.2) is 11.5 Å². The molecular weight excluding hydrogens is 454 g/mol. The monoisotopic (exact) mass is 481 g/mol. The summed E-state index contributed by atoms with van der Waals surface area (Å²) in [6.07, 6.45) is 0.936. The molecule has 0 radical (unpaired) electrons. The van der Waals surface area contributed by atoms with Crippen molar-refractivity contribution in [3.05, 3.63) is 83.9 Å². The maximum absolute atomic E-state index is 6.02. The minimum Gasteiger partial charge on any atom is -0.497 e. The summed E-state index contributed by atoms with van der Waals surface area (Å²) in [5.74, 6) is 2.08. The Kier molecular flexibility index (Phi) is 9.25. The van der Waals surface area contributed by atoms with Crippen LogP contribution in [0.25, 0.3) is 5.69 Å². The van der Waals surface area contributed by atoms with Crippen molar-refractivity contribution in [2.24, 2.45) is 0 Å². The van der Waals surface area contributed by atoms with Crippen molar-refractivity contribution in [1.82, 2.24) is 25.5 Å². The fraction of sp³-hybridized carbons (Fsp3) is 0.240. The lowest BCUT2D eigenvalue weighted by Gasteiger charge is -2.13. The van der Waals surface area contributed by atoms with Gasteiger partial charge >= 0.3 is 6.01 Å². The molecule has 0 aliphatic carbocycles. The van der Waals surface area contributed by atoms with Crippen LogP contribution in [0.2, 0.25) is 0 Å². The van der Waals surface area contributed by atoms with Crippen molar-refractivity contribution in [3.63, 3.8) is 0 Å². The Morgan fingerprint density at radius 1 is 0.912 bits per heavy atom. The highest BCUT2D eigenvalue weighted by Crippen LogP contribution is 2.32. The average molecular weight is 482 g/mol. The van der Waals surface area contributed by atoms with E-state index in [0.29, 0.717) is 18.1 Å². The second-order valence-corrected chi connectivity index (χ2v) is 7.30. The fourth-order valence-corrected chi connectivity index (χ4v) is 3.34. The zero-order chi connectivity index (χ0) is 22.9. The Morgan fingerprint density at radius 2 is 1.68 bits per heavy atom. The van der Waals surface area contributed by atoms with E-state index < -0.39 is 0 Å². The Balaban J connectivity index is 0.00000324. The second-order valence-electron chi connectivity index (χ2n) is 7.30. The summed E-state index contributed by atoms with van der Waals surface area (Å²) < 4.78 is 18.6. The summed E-state index contributed by atoms with van der Waals surface area (Å²) in [6, 6.07) is 23.9. The number of aromatic nitrogens is 4. The predicted octanol–water partition coefficient (Wildman–Crippen LogP) is 4.62. The van der Waals surface area contributed by atoms with Crippen LogP contribution in [0.1, 0.15) is 18.1 Å². The molecule has 34 heavy (non-hydrogen) atoms. The summed E-state index contributed by atoms with van der Waals surface area (Å²) in [5.41, 5.74) is 3.18. The molecule has 0 fully saturated rings. The van der Waals surface area contributed by atoms with Gasteiger partial charge in [-0.25, -0.2) is 0 Å². The van der Waals surface area contributed by atoms with Gasteiger partial charge in [0.2, 0.25) is 0 Å². The summed E-state index contributed by atoms with van der Waals surface area (Å²) in [7, 11) is 1.68. The predicted molar refractivity (Wildman–Crippen MR) is 132 cm³/mol. The van der Waals surface area contributed by atoms with Crippen molar-refractivity contribution in [2.45, 2.75) is 19.9 Å². The summed E-state index contributed by atoms with van der Waals surface area (Å²) >= 11 is 0. The molecule has 4 aromatic rings. The summed E-state index contributed by atoms with van der Waals surface area (Å²) in [5, 5.41) is 15.3. The van der Waals surface area contributed by atoms with Crippen LogP contribution in [0.5, 0.6) is 23.3 Å². The maximum Gasteiger partial charge on any atom is 0.346 e. The third-order valence-corrected chi connectivity index (χ3v) is 5.03. The summed E-state index contributed by atoms with van der Waals surface area (Å²) in [6.45, 7) is 4.05. The van der Waals surface area contributed by atoms with E-state index in [1.807, 2.05) is 67.6 Å². The maximum atomic E-state index is 6.02. The smallest absolute Gasteiger partial charge is 0.346 e. The number of para-hydroxylation sites is 1. The van der Waals surface area contributed by atoms with Crippen LogP contribution in [0.15, 0.2) is 72.8 Å². The van der Waals surface area contributed by atoms with E-state index in [9.17, 15) is 0 Å². The van der Waals surface area contributed by atoms with Gasteiger partial charge in [-0.1, -0.05) is 41.5 Å². The van der Waals surface area contributed by atoms with Crippen molar-refractivity contribution in [2.75, 3.05) is 20.3 Å². The molecule has 0 atom stereocenters. The van der Waals surface area contributed by atoms with Gasteiger partial charge in [0.05, 0.1) is 19.4 Å². The molecule has 9 heteroatoms. The molecule has 1 heterocycles. The van der Waals surface area contributed by atoms with Gasteiger partial charge < -0.3 is 19.5 Å². The molecule has 3 aromatic carbocycles. The van der Waals surface area contributed by atoms with Crippen molar-refractivity contribution < 1.29 is 14.2 Å². The molecule has 0 saturated heterocycles. The molecule has 0 aliphatic heterocycles. The zero-order valence-corrected chi connectivity index (χ0v) is 20.0. The van der Waals surface area contributed by atoms with Crippen molar-refractivity contribution in [3.8, 4) is 28.9 Å². The minimum atomic E-state index is 0. The molecule has 0 spiro atoms. The quantitative estimate of drug-likeness (QED) is 0.313. The van der Waals surface area contributed by atoms with E-state index >= 15 is 0 Å². The number of methoxy groups -OCH3 is 1. The SMILES string of the molecule is CCOc1cc(CNCCc2ccc(OC)cc2)ccc1Oc1nnnn1-c1ccccc1.Cl. The average Bonchev–Trinajstić information content (AvgIpc) is 3.32. The van der Waals surface area contributed by atoms with Crippen molar-refractivity contribution >= 4 is 12.4 Å². The number of tetrazole rings is 1. The normalized spacial score (nSPS) is 10.4. The summed E-state index contributed by atoms with van der Waals surface area (Å²) in [4.78, 5) is 0. The van der Waals surface area contributed by atoms with E-state index in [4.69, 9.17) is 14.2 Å². The van der Waals surface area contributed by atoms with Crippen LogP contribution in [-0.4, -0.2) is 40.5 Å². The molecule has 0 bridgehead atoms. The van der Waals surface area contributed by atoms with Gasteiger partial charge in [-0.05, 0) is 77.8 Å². The van der Waals surface area contributed by atoms with E-state index in [2.05, 4.69) is 33.0 Å². The standard InChI is InChI=1S/C25H27N5O3.ClH/c1-3-32-24-17-20(18-26-16-15-19-9-12-22(31-2)13-10-19)11-14-23(24)33-25-27-28-29-30(25)21-7-5-4-6-8-21;/h4-14,17,26H,3,15-16,18H2,1-2H3;1H. The number of benzene rings is 3. The van der Waals surface area contributed by atoms with Crippen LogP contribution < -0.4 is 19.5 Å². The van der Waals surface area contributed by atoms with E-state index in [1.54, 1.807) is 11.8 Å². The number of ether oxygens (including phenoxy) is 3. The molecule has 0 aliphatic rings. The third kappa shape index (κ3) is 6.46. The Hall–Kier alpha value is -3.62. The van der Waals surface area contributed by atoms with Gasteiger partial charge in [0.1, 0.15) is 5.75 Å². The molecule has 1 N–H and O–H groups in total. The fourth-order valence-electron chi connectivity index (χ4n) is 3.34. The largest absolute Gasteiger partial charge is 0.497 e. The Labute approximate surface area is 205 Å². The van der Waals surface area contributed by atoms with Crippen LogP contribution in [0.4, 0.5) is 0 Å². The first-order valence-corrected chi connectivity index (χ1v) is 10.9. The van der Waals surface area contributed by atoms with E-state index in [1.165, 1.54) is 5.56 Å². The lowest BCUT2D eigenvalue weighted by molar-refractivity contribution is 0.315. The molecular formula is C25H28ClN5O3. The van der Waals surface area contributed by atoms with Crippen LogP contribution in [0.3, 0.4) is 0 Å². The first-order valence-electron chi connectivity index (χ1n) is 10.9. The lowest BCUT2D eigenvalue weighted by atomic mass is 10.1. The first-order chi connectivity index (χ1) is 16.3. The van der Waals surface area contributed by atoms with Crippen LogP contribution in [-0.2, 0) is 13.0 Å². The molecule has 1 aromatic heterocycles. The molecule has 0 unspecified atom stereocenters. The first kappa shape index (κ1) is 25.0. The lowest BCUT2D eigenvalue weighted by Crippen LogP contribution is -2.16. The van der Waals surface area contributed by atoms with Gasteiger partial charge in [-0.15, -0.1) is 12.4 Å². The van der Waals surface area contributed by atoms with Gasteiger partial charge in [0, 0.05) is 6.54 Å². The number of hydrogen-bond donors (Lipinski definition) is 1. The highest BCUT2D eigenvalue weighted by molar-refractivity contribution is 5.85. The van der Waals surface area contributed by atoms with Crippen molar-refractivity contribution in [1.29, 1.82) is 0 Å². The van der Waals surface area contributed by atoms with E-state index in [0.717, 1.165) is 36.5 Å². The Bertz CT molecular complexity index is 1150.